The Hall–Kier alpha value is -1.10. The molecule has 18 heavy (non-hydrogen) atoms. The number of carbonyl (C=O) groups excluding carboxylic acids is 2. The van der Waals surface area contributed by atoms with Crippen LogP contribution in [0.2, 0.25) is 0 Å². The Bertz CT molecular complexity index is 350. The highest BCUT2D eigenvalue weighted by molar-refractivity contribution is 5.89. The molecular weight excluding hydrogens is 232 g/mol. The van der Waals surface area contributed by atoms with E-state index in [2.05, 4.69) is 5.32 Å². The summed E-state index contributed by atoms with van der Waals surface area (Å²) in [4.78, 5) is 25.7. The van der Waals surface area contributed by atoms with Crippen molar-refractivity contribution < 1.29 is 14.7 Å². The molecule has 0 aromatic heterocycles. The largest absolute Gasteiger partial charge is 0.396 e. The average Bonchev–Trinajstić information content (AvgIpc) is 3.01. The average molecular weight is 254 g/mol. The van der Waals surface area contributed by atoms with Gasteiger partial charge in [-0.25, -0.2) is 0 Å². The van der Waals surface area contributed by atoms with Crippen LogP contribution in [-0.4, -0.2) is 46.6 Å². The third-order valence-electron chi connectivity index (χ3n) is 3.72. The fraction of sp³-hybridized carbons (Fsp3) is 0.846. The maximum absolute atomic E-state index is 12.1. The molecule has 1 heterocycles. The maximum Gasteiger partial charge on any atom is 0.225 e. The molecule has 1 saturated carbocycles. The molecule has 2 amide bonds. The third-order valence-corrected chi connectivity index (χ3v) is 3.72. The fourth-order valence-electron chi connectivity index (χ4n) is 2.42. The topological polar surface area (TPSA) is 69.6 Å². The summed E-state index contributed by atoms with van der Waals surface area (Å²) in [5.74, 6) is -0.182. The van der Waals surface area contributed by atoms with Crippen molar-refractivity contribution in [2.75, 3.05) is 13.2 Å². The van der Waals surface area contributed by atoms with Gasteiger partial charge in [-0.15, -0.1) is 0 Å². The summed E-state index contributed by atoms with van der Waals surface area (Å²) >= 11 is 0. The zero-order valence-corrected chi connectivity index (χ0v) is 11.1. The molecule has 1 saturated heterocycles. The molecule has 1 aliphatic heterocycles. The second-order valence-corrected chi connectivity index (χ2v) is 6.03. The van der Waals surface area contributed by atoms with Gasteiger partial charge in [-0.05, 0) is 33.1 Å². The van der Waals surface area contributed by atoms with Crippen molar-refractivity contribution in [2.45, 2.75) is 51.1 Å². The molecule has 0 bridgehead atoms. The van der Waals surface area contributed by atoms with Crippen LogP contribution >= 0.6 is 0 Å². The van der Waals surface area contributed by atoms with Crippen LogP contribution in [0, 0.1) is 5.92 Å². The van der Waals surface area contributed by atoms with Gasteiger partial charge in [0.25, 0.3) is 0 Å². The van der Waals surface area contributed by atoms with Gasteiger partial charge in [0.15, 0.2) is 0 Å². The zero-order chi connectivity index (χ0) is 13.3. The van der Waals surface area contributed by atoms with Gasteiger partial charge < -0.3 is 15.3 Å². The van der Waals surface area contributed by atoms with E-state index in [9.17, 15) is 9.59 Å². The summed E-state index contributed by atoms with van der Waals surface area (Å²) in [6.45, 7) is 4.38. The standard InChI is InChI=1S/C13H22N2O3/c1-13(2,5-6-16)14-12(18)9-7-11(17)15(8-9)10-3-4-10/h9-10,16H,3-8H2,1-2H3,(H,14,18). The summed E-state index contributed by atoms with van der Waals surface area (Å²) in [6, 6.07) is 0.390. The van der Waals surface area contributed by atoms with Gasteiger partial charge >= 0.3 is 0 Å². The fourth-order valence-corrected chi connectivity index (χ4v) is 2.42. The molecule has 0 aromatic carbocycles. The van der Waals surface area contributed by atoms with Gasteiger partial charge in [0.05, 0.1) is 5.92 Å². The Morgan fingerprint density at radius 3 is 2.72 bits per heavy atom. The van der Waals surface area contributed by atoms with E-state index in [1.807, 2.05) is 18.7 Å². The predicted molar refractivity (Wildman–Crippen MR) is 66.8 cm³/mol. The normalized spacial score (nSPS) is 24.5. The van der Waals surface area contributed by atoms with E-state index < -0.39 is 5.54 Å². The van der Waals surface area contributed by atoms with E-state index in [1.54, 1.807) is 0 Å². The van der Waals surface area contributed by atoms with Crippen LogP contribution in [0.3, 0.4) is 0 Å². The maximum atomic E-state index is 12.1. The minimum absolute atomic E-state index is 0.0467. The number of hydrogen-bond donors (Lipinski definition) is 2. The Balaban J connectivity index is 1.88. The van der Waals surface area contributed by atoms with Crippen molar-refractivity contribution in [1.82, 2.24) is 10.2 Å². The van der Waals surface area contributed by atoms with Crippen LogP contribution in [0.1, 0.15) is 39.5 Å². The van der Waals surface area contributed by atoms with Crippen LogP contribution in [-0.2, 0) is 9.59 Å². The van der Waals surface area contributed by atoms with E-state index in [4.69, 9.17) is 5.11 Å². The van der Waals surface area contributed by atoms with Gasteiger partial charge in [-0.3, -0.25) is 9.59 Å². The molecule has 2 aliphatic rings. The summed E-state index contributed by atoms with van der Waals surface area (Å²) in [5.41, 5.74) is -0.415. The van der Waals surface area contributed by atoms with Crippen molar-refractivity contribution in [2.24, 2.45) is 5.92 Å². The Morgan fingerprint density at radius 2 is 2.17 bits per heavy atom. The van der Waals surface area contributed by atoms with E-state index >= 15 is 0 Å². The lowest BCUT2D eigenvalue weighted by Crippen LogP contribution is -2.47. The van der Waals surface area contributed by atoms with E-state index in [0.29, 0.717) is 25.4 Å². The first-order chi connectivity index (χ1) is 8.43. The molecule has 102 valence electrons. The molecule has 2 N–H and O–H groups in total. The molecule has 0 radical (unpaired) electrons. The molecule has 2 rings (SSSR count). The SMILES string of the molecule is CC(C)(CCO)NC(=O)C1CC(=O)N(C2CC2)C1. The second kappa shape index (κ2) is 4.88. The van der Waals surface area contributed by atoms with E-state index in [-0.39, 0.29) is 24.3 Å². The first kappa shape index (κ1) is 13.3. The molecule has 1 atom stereocenters. The number of amides is 2. The molecule has 1 aliphatic carbocycles. The predicted octanol–water partition coefficient (Wildman–Crippen LogP) is 0.274. The summed E-state index contributed by atoms with van der Waals surface area (Å²) < 4.78 is 0. The summed E-state index contributed by atoms with van der Waals surface area (Å²) in [7, 11) is 0. The van der Waals surface area contributed by atoms with Crippen LogP contribution in [0.15, 0.2) is 0 Å². The molecule has 0 aromatic rings. The molecule has 5 nitrogen and oxygen atoms in total. The highest BCUT2D eigenvalue weighted by atomic mass is 16.3. The Kier molecular flexibility index (Phi) is 3.61. The van der Waals surface area contributed by atoms with Crippen molar-refractivity contribution in [3.8, 4) is 0 Å². The van der Waals surface area contributed by atoms with Crippen LogP contribution < -0.4 is 5.32 Å². The van der Waals surface area contributed by atoms with Crippen molar-refractivity contribution in [1.29, 1.82) is 0 Å². The van der Waals surface area contributed by atoms with Crippen LogP contribution in [0.25, 0.3) is 0 Å². The van der Waals surface area contributed by atoms with Gasteiger partial charge in [-0.2, -0.15) is 0 Å². The number of rotatable bonds is 5. The number of aliphatic hydroxyl groups is 1. The first-order valence-electron chi connectivity index (χ1n) is 6.65. The smallest absolute Gasteiger partial charge is 0.225 e. The lowest BCUT2D eigenvalue weighted by molar-refractivity contribution is -0.129. The molecular formula is C13H22N2O3. The molecule has 0 spiro atoms. The molecule has 5 heteroatoms. The van der Waals surface area contributed by atoms with Gasteiger partial charge in [-0.1, -0.05) is 0 Å². The van der Waals surface area contributed by atoms with E-state index in [0.717, 1.165) is 12.8 Å². The minimum atomic E-state index is -0.415. The number of aliphatic hydroxyl groups excluding tert-OH is 1. The number of likely N-dealkylation sites (tertiary alicyclic amines) is 1. The van der Waals surface area contributed by atoms with Crippen molar-refractivity contribution in [3.05, 3.63) is 0 Å². The van der Waals surface area contributed by atoms with Gasteiger partial charge in [0.1, 0.15) is 0 Å². The van der Waals surface area contributed by atoms with Crippen molar-refractivity contribution in [3.63, 3.8) is 0 Å². The highest BCUT2D eigenvalue weighted by Gasteiger charge is 2.42. The summed E-state index contributed by atoms with van der Waals surface area (Å²) in [5, 5.41) is 11.9. The molecule has 1 unspecified atom stereocenters. The lowest BCUT2D eigenvalue weighted by atomic mass is 9.99. The zero-order valence-electron chi connectivity index (χ0n) is 11.1. The second-order valence-electron chi connectivity index (χ2n) is 6.03. The monoisotopic (exact) mass is 254 g/mol. The van der Waals surface area contributed by atoms with Crippen molar-refractivity contribution >= 4 is 11.8 Å². The van der Waals surface area contributed by atoms with Gasteiger partial charge in [0, 0.05) is 31.2 Å². The Morgan fingerprint density at radius 1 is 1.50 bits per heavy atom. The summed E-state index contributed by atoms with van der Waals surface area (Å²) in [6.07, 6.45) is 3.01. The minimum Gasteiger partial charge on any atom is -0.396 e. The van der Waals surface area contributed by atoms with Gasteiger partial charge in [0.2, 0.25) is 11.8 Å². The van der Waals surface area contributed by atoms with Crippen LogP contribution in [0.5, 0.6) is 0 Å². The Labute approximate surface area is 108 Å². The quantitative estimate of drug-likeness (QED) is 0.740. The number of carbonyl (C=O) groups is 2. The number of nitrogens with one attached hydrogen (secondary N) is 1. The highest BCUT2D eigenvalue weighted by Crippen LogP contribution is 2.32. The van der Waals surface area contributed by atoms with E-state index in [1.165, 1.54) is 0 Å². The first-order valence-corrected chi connectivity index (χ1v) is 6.65. The lowest BCUT2D eigenvalue weighted by Gasteiger charge is -2.27. The molecule has 2 fully saturated rings. The number of hydrogen-bond acceptors (Lipinski definition) is 3. The number of nitrogens with zero attached hydrogens (tertiary/aromatic N) is 1. The van der Waals surface area contributed by atoms with Crippen LogP contribution in [0.4, 0.5) is 0 Å². The third kappa shape index (κ3) is 3.02.